The second-order valence-electron chi connectivity index (χ2n) is 6.24. The van der Waals surface area contributed by atoms with Crippen molar-refractivity contribution in [1.82, 2.24) is 20.0 Å². The fraction of sp³-hybridized carbons (Fsp3) is 0.0476. The largest absolute Gasteiger partial charge is 0.508 e. The molecule has 0 atom stereocenters. The van der Waals surface area contributed by atoms with Gasteiger partial charge in [0.25, 0.3) is 5.91 Å². The van der Waals surface area contributed by atoms with E-state index in [9.17, 15) is 9.90 Å². The number of halogens is 1. The first-order valence-corrected chi connectivity index (χ1v) is 10.3. The Morgan fingerprint density at radius 2 is 1.94 bits per heavy atom. The van der Waals surface area contributed by atoms with Gasteiger partial charge in [0, 0.05) is 28.5 Å². The van der Waals surface area contributed by atoms with Gasteiger partial charge in [0.05, 0.1) is 11.9 Å². The number of thiazole rings is 1. The SMILES string of the molecule is O=C(COc1cnccn1)N/N=c1\scc(-c2ccc(O)cc2)n1-c1ccc(Cl)cc1. The molecule has 10 heteroatoms. The second-order valence-corrected chi connectivity index (χ2v) is 7.51. The van der Waals surface area contributed by atoms with Gasteiger partial charge in [-0.05, 0) is 54.1 Å². The number of hydrogen-bond acceptors (Lipinski definition) is 7. The normalized spacial score (nSPS) is 11.3. The van der Waals surface area contributed by atoms with Crippen LogP contribution in [0.4, 0.5) is 0 Å². The lowest BCUT2D eigenvalue weighted by atomic mass is 10.1. The molecule has 2 aromatic carbocycles. The second kappa shape index (κ2) is 9.41. The zero-order valence-electron chi connectivity index (χ0n) is 16.0. The van der Waals surface area contributed by atoms with Crippen molar-refractivity contribution in [2.75, 3.05) is 6.61 Å². The summed E-state index contributed by atoms with van der Waals surface area (Å²) in [5.41, 5.74) is 5.04. The van der Waals surface area contributed by atoms with E-state index < -0.39 is 5.91 Å². The van der Waals surface area contributed by atoms with Gasteiger partial charge in [-0.25, -0.2) is 10.4 Å². The van der Waals surface area contributed by atoms with Gasteiger partial charge < -0.3 is 9.84 Å². The maximum absolute atomic E-state index is 12.2. The van der Waals surface area contributed by atoms with Crippen LogP contribution in [0.2, 0.25) is 5.02 Å². The van der Waals surface area contributed by atoms with E-state index in [0.717, 1.165) is 16.9 Å². The Balaban J connectivity index is 1.63. The molecule has 0 spiro atoms. The third-order valence-electron chi connectivity index (χ3n) is 4.12. The van der Waals surface area contributed by atoms with Crippen molar-refractivity contribution >= 4 is 28.8 Å². The van der Waals surface area contributed by atoms with Gasteiger partial charge in [0.1, 0.15) is 5.75 Å². The lowest BCUT2D eigenvalue weighted by molar-refractivity contribution is -0.123. The van der Waals surface area contributed by atoms with E-state index in [4.69, 9.17) is 16.3 Å². The molecule has 0 aliphatic carbocycles. The fourth-order valence-electron chi connectivity index (χ4n) is 2.70. The monoisotopic (exact) mass is 453 g/mol. The average Bonchev–Trinajstić information content (AvgIpc) is 3.22. The molecule has 0 unspecified atom stereocenters. The number of carbonyl (C=O) groups excluding carboxylic acids is 1. The predicted octanol–water partition coefficient (Wildman–Crippen LogP) is 3.37. The molecule has 8 nitrogen and oxygen atoms in total. The number of benzene rings is 2. The van der Waals surface area contributed by atoms with E-state index in [0.29, 0.717) is 9.82 Å². The summed E-state index contributed by atoms with van der Waals surface area (Å²) in [4.78, 5) is 20.5. The first-order chi connectivity index (χ1) is 15.1. The number of carbonyl (C=O) groups is 1. The molecule has 0 fully saturated rings. The molecule has 1 amide bonds. The maximum atomic E-state index is 12.2. The van der Waals surface area contributed by atoms with E-state index in [1.165, 1.54) is 29.9 Å². The molecular formula is C21H16ClN5O3S. The van der Waals surface area contributed by atoms with Gasteiger partial charge in [-0.15, -0.1) is 16.4 Å². The number of nitrogens with one attached hydrogen (secondary N) is 1. The van der Waals surface area contributed by atoms with E-state index in [1.54, 1.807) is 36.4 Å². The highest BCUT2D eigenvalue weighted by molar-refractivity contribution is 7.07. The van der Waals surface area contributed by atoms with Gasteiger partial charge in [0.2, 0.25) is 10.7 Å². The van der Waals surface area contributed by atoms with Crippen molar-refractivity contribution < 1.29 is 14.6 Å². The summed E-state index contributed by atoms with van der Waals surface area (Å²) in [6, 6.07) is 14.1. The van der Waals surface area contributed by atoms with Crippen LogP contribution in [0.5, 0.6) is 11.6 Å². The summed E-state index contributed by atoms with van der Waals surface area (Å²) in [5, 5.41) is 16.4. The van der Waals surface area contributed by atoms with Crippen LogP contribution in [0.15, 0.2) is 77.6 Å². The van der Waals surface area contributed by atoms with E-state index in [-0.39, 0.29) is 18.2 Å². The van der Waals surface area contributed by atoms with Crippen LogP contribution in [0, 0.1) is 0 Å². The fourth-order valence-corrected chi connectivity index (χ4v) is 3.70. The molecule has 4 rings (SSSR count). The van der Waals surface area contributed by atoms with Crippen LogP contribution in [0.1, 0.15) is 0 Å². The first-order valence-electron chi connectivity index (χ1n) is 9.07. The summed E-state index contributed by atoms with van der Waals surface area (Å²) < 4.78 is 7.17. The molecule has 2 aromatic heterocycles. The van der Waals surface area contributed by atoms with Crippen LogP contribution in [-0.2, 0) is 4.79 Å². The smallest absolute Gasteiger partial charge is 0.278 e. The molecular weight excluding hydrogens is 438 g/mol. The highest BCUT2D eigenvalue weighted by atomic mass is 35.5. The number of phenolic OH excluding ortho intramolecular Hbond substituents is 1. The lowest BCUT2D eigenvalue weighted by Crippen LogP contribution is -2.28. The number of rotatable bonds is 6. The Kier molecular flexibility index (Phi) is 6.25. The number of aromatic hydroxyl groups is 1. The summed E-state index contributed by atoms with van der Waals surface area (Å²) in [6.07, 6.45) is 4.41. The minimum absolute atomic E-state index is 0.178. The molecule has 0 aliphatic heterocycles. The molecule has 31 heavy (non-hydrogen) atoms. The third kappa shape index (κ3) is 5.08. The average molecular weight is 454 g/mol. The van der Waals surface area contributed by atoms with Gasteiger partial charge in [0.15, 0.2) is 6.61 Å². The molecule has 2 N–H and O–H groups in total. The lowest BCUT2D eigenvalue weighted by Gasteiger charge is -2.10. The Hall–Kier alpha value is -3.69. The molecule has 0 aliphatic rings. The summed E-state index contributed by atoms with van der Waals surface area (Å²) in [7, 11) is 0. The number of hydrogen-bond donors (Lipinski definition) is 2. The van der Waals surface area contributed by atoms with Crippen molar-refractivity contribution in [3.8, 4) is 28.6 Å². The Morgan fingerprint density at radius 1 is 1.16 bits per heavy atom. The van der Waals surface area contributed by atoms with Crippen molar-refractivity contribution in [2.45, 2.75) is 0 Å². The number of phenols is 1. The van der Waals surface area contributed by atoms with Crippen molar-refractivity contribution in [3.05, 3.63) is 82.3 Å². The molecule has 0 radical (unpaired) electrons. The van der Waals surface area contributed by atoms with Gasteiger partial charge in [-0.1, -0.05) is 11.6 Å². The zero-order valence-corrected chi connectivity index (χ0v) is 17.5. The third-order valence-corrected chi connectivity index (χ3v) is 5.20. The standard InChI is InChI=1S/C21H16ClN5O3S/c22-15-3-5-16(6-4-15)27-18(14-1-7-17(28)8-2-14)13-31-21(27)26-25-19(29)12-30-20-11-23-9-10-24-20/h1-11,13,28H,12H2,(H,25,29)/b26-21-. The number of nitrogens with zero attached hydrogens (tertiary/aromatic N) is 4. The van der Waals surface area contributed by atoms with Gasteiger partial charge in [-0.2, -0.15) is 0 Å². The summed E-state index contributed by atoms with van der Waals surface area (Å²) in [6.45, 7) is -0.251. The molecule has 4 aromatic rings. The van der Waals surface area contributed by atoms with E-state index in [1.807, 2.05) is 22.1 Å². The summed E-state index contributed by atoms with van der Waals surface area (Å²) in [5.74, 6) is -0.00943. The molecule has 0 saturated heterocycles. The van der Waals surface area contributed by atoms with Gasteiger partial charge in [-0.3, -0.25) is 14.3 Å². The van der Waals surface area contributed by atoms with Crippen molar-refractivity contribution in [2.24, 2.45) is 5.10 Å². The van der Waals surface area contributed by atoms with Crippen LogP contribution in [-0.4, -0.2) is 32.2 Å². The Morgan fingerprint density at radius 3 is 2.65 bits per heavy atom. The zero-order chi connectivity index (χ0) is 21.6. The number of ether oxygens (including phenoxy) is 1. The highest BCUT2D eigenvalue weighted by Gasteiger charge is 2.11. The highest BCUT2D eigenvalue weighted by Crippen LogP contribution is 2.25. The minimum atomic E-state index is -0.437. The van der Waals surface area contributed by atoms with Crippen molar-refractivity contribution in [1.29, 1.82) is 0 Å². The molecule has 0 bridgehead atoms. The minimum Gasteiger partial charge on any atom is -0.508 e. The number of amides is 1. The van der Waals surface area contributed by atoms with Gasteiger partial charge >= 0.3 is 0 Å². The molecule has 2 heterocycles. The number of aromatic nitrogens is 3. The molecule has 0 saturated carbocycles. The van der Waals surface area contributed by atoms with Crippen LogP contribution in [0.25, 0.3) is 16.9 Å². The van der Waals surface area contributed by atoms with Crippen molar-refractivity contribution in [3.63, 3.8) is 0 Å². The maximum Gasteiger partial charge on any atom is 0.278 e. The van der Waals surface area contributed by atoms with E-state index >= 15 is 0 Å². The quantitative estimate of drug-likeness (QED) is 0.436. The van der Waals surface area contributed by atoms with Crippen LogP contribution >= 0.6 is 22.9 Å². The summed E-state index contributed by atoms with van der Waals surface area (Å²) >= 11 is 7.39. The Bertz CT molecular complexity index is 1240. The van der Waals surface area contributed by atoms with Crippen LogP contribution in [0.3, 0.4) is 0 Å². The van der Waals surface area contributed by atoms with Crippen LogP contribution < -0.4 is 15.0 Å². The Labute approximate surface area is 186 Å². The van der Waals surface area contributed by atoms with E-state index in [2.05, 4.69) is 20.5 Å². The topological polar surface area (TPSA) is 102 Å². The predicted molar refractivity (Wildman–Crippen MR) is 117 cm³/mol. The molecule has 156 valence electrons. The first kappa shape index (κ1) is 20.6.